The van der Waals surface area contributed by atoms with Gasteiger partial charge in [0.25, 0.3) is 0 Å². The molecule has 1 aromatic heterocycles. The molecule has 2 aliphatic carbocycles. The summed E-state index contributed by atoms with van der Waals surface area (Å²) in [5.74, 6) is 2.52. The van der Waals surface area contributed by atoms with Crippen molar-refractivity contribution in [3.05, 3.63) is 16.4 Å². The maximum Gasteiger partial charge on any atom is 0.241 e. The molecule has 20 heavy (non-hydrogen) atoms. The molecular formula is C15H22BrN3O. The standard InChI is InChI=1S/C15H22BrN3O/c1-9(13-6-11-3-4-12(13)5-11)17-15(20)8-19-7-14(16)10(2)18-19/h7,9,11-13H,3-6,8H2,1-2H3,(H,17,20)/t9-,11-,12-,13-/m0/s1. The van der Waals surface area contributed by atoms with E-state index in [1.807, 2.05) is 13.1 Å². The van der Waals surface area contributed by atoms with Crippen LogP contribution < -0.4 is 5.32 Å². The first-order chi connectivity index (χ1) is 9.52. The van der Waals surface area contributed by atoms with E-state index in [1.165, 1.54) is 25.7 Å². The molecule has 0 saturated heterocycles. The Labute approximate surface area is 128 Å². The van der Waals surface area contributed by atoms with Gasteiger partial charge in [-0.15, -0.1) is 0 Å². The molecule has 1 heterocycles. The summed E-state index contributed by atoms with van der Waals surface area (Å²) in [6, 6.07) is 0.290. The molecule has 0 aliphatic heterocycles. The summed E-state index contributed by atoms with van der Waals surface area (Å²) in [5, 5.41) is 7.47. The summed E-state index contributed by atoms with van der Waals surface area (Å²) in [6.45, 7) is 4.39. The summed E-state index contributed by atoms with van der Waals surface area (Å²) >= 11 is 3.42. The first-order valence-corrected chi connectivity index (χ1v) is 8.31. The molecule has 1 N–H and O–H groups in total. The van der Waals surface area contributed by atoms with Crippen molar-refractivity contribution in [1.29, 1.82) is 0 Å². The molecule has 0 aromatic carbocycles. The van der Waals surface area contributed by atoms with Crippen LogP contribution in [0.3, 0.4) is 0 Å². The van der Waals surface area contributed by atoms with Crippen molar-refractivity contribution < 1.29 is 4.79 Å². The van der Waals surface area contributed by atoms with Crippen LogP contribution in [0.1, 0.15) is 38.3 Å². The fourth-order valence-electron chi connectivity index (χ4n) is 4.03. The van der Waals surface area contributed by atoms with Crippen LogP contribution in [0.4, 0.5) is 0 Å². The summed E-state index contributed by atoms with van der Waals surface area (Å²) in [6.07, 6.45) is 7.31. The molecule has 4 nitrogen and oxygen atoms in total. The van der Waals surface area contributed by atoms with Gasteiger partial charge in [-0.3, -0.25) is 9.48 Å². The third kappa shape index (κ3) is 2.78. The number of amides is 1. The number of aromatic nitrogens is 2. The minimum absolute atomic E-state index is 0.0651. The van der Waals surface area contributed by atoms with Gasteiger partial charge in [0.15, 0.2) is 0 Å². The lowest BCUT2D eigenvalue weighted by atomic mass is 9.84. The average molecular weight is 340 g/mol. The number of fused-ring (bicyclic) bond motifs is 2. The van der Waals surface area contributed by atoms with Crippen molar-refractivity contribution in [2.75, 3.05) is 0 Å². The molecule has 2 aliphatic rings. The Morgan fingerprint density at radius 2 is 2.35 bits per heavy atom. The molecule has 1 aromatic rings. The minimum atomic E-state index is 0.0651. The normalized spacial score (nSPS) is 29.6. The van der Waals surface area contributed by atoms with Crippen LogP contribution in [-0.2, 0) is 11.3 Å². The third-order valence-electron chi connectivity index (χ3n) is 5.02. The summed E-state index contributed by atoms with van der Waals surface area (Å²) in [5.41, 5.74) is 0.916. The maximum atomic E-state index is 12.1. The number of hydrogen-bond donors (Lipinski definition) is 1. The monoisotopic (exact) mass is 339 g/mol. The van der Waals surface area contributed by atoms with Crippen LogP contribution >= 0.6 is 15.9 Å². The largest absolute Gasteiger partial charge is 0.352 e. The Morgan fingerprint density at radius 3 is 2.90 bits per heavy atom. The zero-order valence-electron chi connectivity index (χ0n) is 12.1. The fraction of sp³-hybridized carbons (Fsp3) is 0.733. The number of hydrogen-bond acceptors (Lipinski definition) is 2. The van der Waals surface area contributed by atoms with E-state index < -0.39 is 0 Å². The van der Waals surface area contributed by atoms with E-state index in [0.717, 1.165) is 22.0 Å². The van der Waals surface area contributed by atoms with Crippen LogP contribution in [0, 0.1) is 24.7 Å². The Balaban J connectivity index is 1.53. The first-order valence-electron chi connectivity index (χ1n) is 7.52. The lowest BCUT2D eigenvalue weighted by Gasteiger charge is -2.28. The van der Waals surface area contributed by atoms with E-state index in [-0.39, 0.29) is 11.9 Å². The van der Waals surface area contributed by atoms with E-state index in [4.69, 9.17) is 0 Å². The molecule has 0 radical (unpaired) electrons. The number of carbonyl (C=O) groups excluding carboxylic acids is 1. The Hall–Kier alpha value is -0.840. The number of nitrogens with one attached hydrogen (secondary N) is 1. The molecule has 1 amide bonds. The number of aryl methyl sites for hydroxylation is 1. The zero-order valence-corrected chi connectivity index (χ0v) is 13.7. The number of carbonyl (C=O) groups is 1. The molecule has 110 valence electrons. The molecule has 4 atom stereocenters. The van der Waals surface area contributed by atoms with Crippen molar-refractivity contribution in [3.63, 3.8) is 0 Å². The number of nitrogens with zero attached hydrogens (tertiary/aromatic N) is 2. The van der Waals surface area contributed by atoms with Crippen molar-refractivity contribution >= 4 is 21.8 Å². The highest BCUT2D eigenvalue weighted by molar-refractivity contribution is 9.10. The van der Waals surface area contributed by atoms with Crippen LogP contribution in [0.2, 0.25) is 0 Å². The van der Waals surface area contributed by atoms with Gasteiger partial charge >= 0.3 is 0 Å². The molecule has 2 saturated carbocycles. The first kappa shape index (κ1) is 14.1. The second kappa shape index (κ2) is 5.51. The Bertz CT molecular complexity index is 494. The predicted octanol–water partition coefficient (Wildman–Crippen LogP) is 2.89. The molecule has 5 heteroatoms. The minimum Gasteiger partial charge on any atom is -0.352 e. The Morgan fingerprint density at radius 1 is 1.55 bits per heavy atom. The van der Waals surface area contributed by atoms with E-state index in [1.54, 1.807) is 4.68 Å². The topological polar surface area (TPSA) is 46.9 Å². The van der Waals surface area contributed by atoms with Crippen molar-refractivity contribution in [2.24, 2.45) is 17.8 Å². The lowest BCUT2D eigenvalue weighted by Crippen LogP contribution is -2.41. The van der Waals surface area contributed by atoms with Gasteiger partial charge in [0.1, 0.15) is 6.54 Å². The van der Waals surface area contributed by atoms with E-state index in [9.17, 15) is 4.79 Å². The van der Waals surface area contributed by atoms with Gasteiger partial charge in [-0.2, -0.15) is 5.10 Å². The van der Waals surface area contributed by atoms with Gasteiger partial charge in [0.05, 0.1) is 10.2 Å². The number of rotatable bonds is 4. The zero-order chi connectivity index (χ0) is 14.3. The lowest BCUT2D eigenvalue weighted by molar-refractivity contribution is -0.122. The predicted molar refractivity (Wildman–Crippen MR) is 81.2 cm³/mol. The van der Waals surface area contributed by atoms with Crippen molar-refractivity contribution in [2.45, 2.75) is 52.1 Å². The molecule has 2 bridgehead atoms. The van der Waals surface area contributed by atoms with Crippen LogP contribution in [0.5, 0.6) is 0 Å². The SMILES string of the molecule is Cc1nn(CC(=O)N[C@@H](C)[C@@H]2C[C@H]3CC[C@H]2C3)cc1Br. The number of halogens is 1. The molecule has 0 spiro atoms. The second-order valence-electron chi connectivity index (χ2n) is 6.45. The molecule has 0 unspecified atom stereocenters. The van der Waals surface area contributed by atoms with Gasteiger partial charge in [-0.25, -0.2) is 0 Å². The summed E-state index contributed by atoms with van der Waals surface area (Å²) < 4.78 is 2.65. The van der Waals surface area contributed by atoms with Gasteiger partial charge in [-0.1, -0.05) is 6.42 Å². The van der Waals surface area contributed by atoms with Crippen molar-refractivity contribution in [1.82, 2.24) is 15.1 Å². The average Bonchev–Trinajstić information content (AvgIpc) is 3.06. The van der Waals surface area contributed by atoms with E-state index in [0.29, 0.717) is 12.5 Å². The van der Waals surface area contributed by atoms with E-state index in [2.05, 4.69) is 33.3 Å². The van der Waals surface area contributed by atoms with Crippen LogP contribution in [0.25, 0.3) is 0 Å². The highest BCUT2D eigenvalue weighted by Gasteiger charge is 2.42. The highest BCUT2D eigenvalue weighted by atomic mass is 79.9. The quantitative estimate of drug-likeness (QED) is 0.916. The fourth-order valence-corrected chi connectivity index (χ4v) is 4.35. The highest BCUT2D eigenvalue weighted by Crippen LogP contribution is 2.49. The van der Waals surface area contributed by atoms with Gasteiger partial charge in [-0.05, 0) is 66.8 Å². The van der Waals surface area contributed by atoms with E-state index >= 15 is 0 Å². The molecule has 3 rings (SSSR count). The summed E-state index contributed by atoms with van der Waals surface area (Å²) in [4.78, 5) is 12.1. The summed E-state index contributed by atoms with van der Waals surface area (Å²) in [7, 11) is 0. The maximum absolute atomic E-state index is 12.1. The van der Waals surface area contributed by atoms with Crippen molar-refractivity contribution in [3.8, 4) is 0 Å². The van der Waals surface area contributed by atoms with Gasteiger partial charge < -0.3 is 5.32 Å². The Kier molecular flexibility index (Phi) is 3.89. The van der Waals surface area contributed by atoms with Gasteiger partial charge in [0.2, 0.25) is 5.91 Å². The molecular weight excluding hydrogens is 318 g/mol. The third-order valence-corrected chi connectivity index (χ3v) is 5.79. The smallest absolute Gasteiger partial charge is 0.241 e. The van der Waals surface area contributed by atoms with Gasteiger partial charge in [0, 0.05) is 12.2 Å². The molecule has 2 fully saturated rings. The van der Waals surface area contributed by atoms with Crippen LogP contribution in [-0.4, -0.2) is 21.7 Å². The van der Waals surface area contributed by atoms with Crippen LogP contribution in [0.15, 0.2) is 10.7 Å². The second-order valence-corrected chi connectivity index (χ2v) is 7.31.